The molecule has 6 nitrogen and oxygen atoms in total. The van der Waals surface area contributed by atoms with Crippen LogP contribution in [-0.4, -0.2) is 35.2 Å². The van der Waals surface area contributed by atoms with E-state index in [9.17, 15) is 14.4 Å². The van der Waals surface area contributed by atoms with E-state index in [0.29, 0.717) is 12.5 Å². The molecule has 0 bridgehead atoms. The number of fused-ring (bicyclic) bond motifs is 4. The fourth-order valence-electron chi connectivity index (χ4n) is 5.49. The number of rotatable bonds is 6. The van der Waals surface area contributed by atoms with Crippen LogP contribution in [0.25, 0.3) is 0 Å². The van der Waals surface area contributed by atoms with Gasteiger partial charge in [0, 0.05) is 23.8 Å². The molecule has 4 atom stereocenters. The van der Waals surface area contributed by atoms with Crippen molar-refractivity contribution in [2.24, 2.45) is 17.8 Å². The lowest BCUT2D eigenvalue weighted by molar-refractivity contribution is -0.142. The highest BCUT2D eigenvalue weighted by Gasteiger charge is 2.70. The molecule has 156 valence electrons. The summed E-state index contributed by atoms with van der Waals surface area (Å²) < 4.78 is 0. The second kappa shape index (κ2) is 7.24. The smallest absolute Gasteiger partial charge is 0.250 e. The Morgan fingerprint density at radius 1 is 1.14 bits per heavy atom. The summed E-state index contributed by atoms with van der Waals surface area (Å²) in [6.45, 7) is 8.75. The van der Waals surface area contributed by atoms with Crippen molar-refractivity contribution in [3.63, 3.8) is 0 Å². The van der Waals surface area contributed by atoms with E-state index >= 15 is 0 Å². The number of carbonyl (C=O) groups excluding carboxylic acids is 3. The van der Waals surface area contributed by atoms with E-state index in [1.807, 2.05) is 25.1 Å². The normalized spacial score (nSPS) is 30.4. The molecule has 1 aromatic rings. The first-order chi connectivity index (χ1) is 13.9. The van der Waals surface area contributed by atoms with Gasteiger partial charge in [0.2, 0.25) is 17.7 Å². The average molecular weight is 398 g/mol. The van der Waals surface area contributed by atoms with Crippen LogP contribution in [0.15, 0.2) is 18.2 Å². The molecular formula is C23H31N3O3. The second-order valence-corrected chi connectivity index (χ2v) is 9.02. The van der Waals surface area contributed by atoms with Gasteiger partial charge in [-0.15, -0.1) is 0 Å². The molecule has 3 amide bonds. The number of aryl methyl sites for hydroxylation is 1. The molecule has 3 aliphatic rings. The lowest BCUT2D eigenvalue weighted by Crippen LogP contribution is -2.53. The number of nitrogens with one attached hydrogen (secondary N) is 2. The zero-order chi connectivity index (χ0) is 20.9. The molecule has 2 fully saturated rings. The second-order valence-electron chi connectivity index (χ2n) is 9.02. The third-order valence-electron chi connectivity index (χ3n) is 6.77. The molecule has 1 aromatic carbocycles. The quantitative estimate of drug-likeness (QED) is 0.724. The van der Waals surface area contributed by atoms with Crippen LogP contribution in [0, 0.1) is 17.8 Å². The molecular weight excluding hydrogens is 366 g/mol. The summed E-state index contributed by atoms with van der Waals surface area (Å²) in [5, 5.41) is 6.56. The maximum absolute atomic E-state index is 13.5. The Morgan fingerprint density at radius 3 is 2.55 bits per heavy atom. The Labute approximate surface area is 172 Å². The number of anilines is 1. The minimum atomic E-state index is -1.15. The molecule has 0 radical (unpaired) electrons. The molecule has 4 rings (SSSR count). The van der Waals surface area contributed by atoms with Gasteiger partial charge in [-0.25, -0.2) is 0 Å². The highest BCUT2D eigenvalue weighted by Crippen LogP contribution is 2.54. The van der Waals surface area contributed by atoms with Gasteiger partial charge in [-0.05, 0) is 30.7 Å². The van der Waals surface area contributed by atoms with Gasteiger partial charge in [-0.3, -0.25) is 24.6 Å². The van der Waals surface area contributed by atoms with Gasteiger partial charge >= 0.3 is 0 Å². The number of para-hydroxylation sites is 1. The summed E-state index contributed by atoms with van der Waals surface area (Å²) >= 11 is 0. The van der Waals surface area contributed by atoms with Crippen LogP contribution < -0.4 is 10.6 Å². The monoisotopic (exact) mass is 397 g/mol. The first-order valence-corrected chi connectivity index (χ1v) is 10.9. The van der Waals surface area contributed by atoms with Crippen molar-refractivity contribution in [2.75, 3.05) is 11.9 Å². The van der Waals surface area contributed by atoms with E-state index in [-0.39, 0.29) is 23.8 Å². The Bertz CT molecular complexity index is 865. The number of nitrogens with zero attached hydrogens (tertiary/aromatic N) is 1. The van der Waals surface area contributed by atoms with Crippen molar-refractivity contribution < 1.29 is 14.4 Å². The minimum Gasteiger partial charge on any atom is -0.324 e. The molecule has 2 N–H and O–H groups in total. The third kappa shape index (κ3) is 2.75. The van der Waals surface area contributed by atoms with E-state index in [4.69, 9.17) is 0 Å². The van der Waals surface area contributed by atoms with Crippen LogP contribution in [-0.2, 0) is 26.3 Å². The summed E-state index contributed by atoms with van der Waals surface area (Å²) in [7, 11) is 0. The van der Waals surface area contributed by atoms with Crippen molar-refractivity contribution in [1.29, 1.82) is 0 Å². The van der Waals surface area contributed by atoms with Gasteiger partial charge in [0.05, 0.1) is 11.8 Å². The Kier molecular flexibility index (Phi) is 5.01. The van der Waals surface area contributed by atoms with E-state index in [0.717, 1.165) is 42.5 Å². The number of benzene rings is 1. The van der Waals surface area contributed by atoms with Crippen molar-refractivity contribution in [2.45, 2.75) is 65.0 Å². The van der Waals surface area contributed by atoms with Crippen molar-refractivity contribution in [3.8, 4) is 0 Å². The molecule has 0 saturated carbocycles. The SMILES string of the molecule is CCCCN1C(=O)C2C(CC(C)C)NC3(C(=O)Nc4c(CC)cccc43)C2C1=O. The lowest BCUT2D eigenvalue weighted by Gasteiger charge is -2.30. The predicted octanol–water partition coefficient (Wildman–Crippen LogP) is 2.82. The van der Waals surface area contributed by atoms with Crippen LogP contribution in [0.5, 0.6) is 0 Å². The van der Waals surface area contributed by atoms with Crippen molar-refractivity contribution in [3.05, 3.63) is 29.3 Å². The number of unbranched alkanes of at least 4 members (excludes halogenated alkanes) is 1. The van der Waals surface area contributed by atoms with Gasteiger partial charge in [0.15, 0.2) is 0 Å². The van der Waals surface area contributed by atoms with Gasteiger partial charge in [-0.2, -0.15) is 0 Å². The summed E-state index contributed by atoms with van der Waals surface area (Å²) in [4.78, 5) is 41.6. The van der Waals surface area contributed by atoms with Crippen LogP contribution >= 0.6 is 0 Å². The van der Waals surface area contributed by atoms with E-state index < -0.39 is 17.4 Å². The summed E-state index contributed by atoms with van der Waals surface area (Å²) in [5.74, 6) is -1.32. The predicted molar refractivity (Wildman–Crippen MR) is 111 cm³/mol. The average Bonchev–Trinajstić information content (AvgIpc) is 3.25. The molecule has 3 aliphatic heterocycles. The fraction of sp³-hybridized carbons (Fsp3) is 0.609. The fourth-order valence-corrected chi connectivity index (χ4v) is 5.49. The zero-order valence-electron chi connectivity index (χ0n) is 17.7. The number of imide groups is 1. The molecule has 29 heavy (non-hydrogen) atoms. The highest BCUT2D eigenvalue weighted by atomic mass is 16.2. The highest BCUT2D eigenvalue weighted by molar-refractivity contribution is 6.15. The molecule has 6 heteroatoms. The molecule has 4 unspecified atom stereocenters. The van der Waals surface area contributed by atoms with Crippen LogP contribution in [0.3, 0.4) is 0 Å². The molecule has 0 aromatic heterocycles. The number of likely N-dealkylation sites (tertiary alicyclic amines) is 1. The maximum atomic E-state index is 13.5. The topological polar surface area (TPSA) is 78.5 Å². The maximum Gasteiger partial charge on any atom is 0.250 e. The van der Waals surface area contributed by atoms with Gasteiger partial charge in [0.1, 0.15) is 5.54 Å². The molecule has 3 heterocycles. The number of carbonyl (C=O) groups is 3. The first kappa shape index (κ1) is 20.1. The standard InChI is InChI=1S/C23H31N3O3/c1-5-7-11-26-20(27)17-16(12-13(3)4)25-23(18(17)21(26)28)15-10-8-9-14(6-2)19(15)24-22(23)29/h8-10,13,16-18,25H,5-7,11-12H2,1-4H3,(H,24,29). The van der Waals surface area contributed by atoms with E-state index in [1.165, 1.54) is 4.90 Å². The molecule has 1 spiro atoms. The van der Waals surface area contributed by atoms with Crippen molar-refractivity contribution in [1.82, 2.24) is 10.2 Å². The van der Waals surface area contributed by atoms with Crippen molar-refractivity contribution >= 4 is 23.4 Å². The first-order valence-electron chi connectivity index (χ1n) is 10.9. The summed E-state index contributed by atoms with van der Waals surface area (Å²) in [5.41, 5.74) is 1.53. The Morgan fingerprint density at radius 2 is 1.90 bits per heavy atom. The van der Waals surface area contributed by atoms with Gasteiger partial charge in [0.25, 0.3) is 0 Å². The molecule has 2 saturated heterocycles. The lowest BCUT2D eigenvalue weighted by atomic mass is 9.76. The Hall–Kier alpha value is -2.21. The van der Waals surface area contributed by atoms with E-state index in [2.05, 4.69) is 31.4 Å². The number of hydrogen-bond acceptors (Lipinski definition) is 4. The summed E-state index contributed by atoms with van der Waals surface area (Å²) in [6.07, 6.45) is 3.24. The summed E-state index contributed by atoms with van der Waals surface area (Å²) in [6, 6.07) is 5.69. The zero-order valence-corrected chi connectivity index (χ0v) is 17.7. The minimum absolute atomic E-state index is 0.114. The van der Waals surface area contributed by atoms with Crippen LogP contribution in [0.2, 0.25) is 0 Å². The third-order valence-corrected chi connectivity index (χ3v) is 6.77. The number of amides is 3. The van der Waals surface area contributed by atoms with Gasteiger partial charge in [-0.1, -0.05) is 52.3 Å². The Balaban J connectivity index is 1.84. The molecule has 0 aliphatic carbocycles. The van der Waals surface area contributed by atoms with Crippen LogP contribution in [0.1, 0.15) is 58.1 Å². The largest absolute Gasteiger partial charge is 0.324 e. The number of hydrogen-bond donors (Lipinski definition) is 2. The van der Waals surface area contributed by atoms with Gasteiger partial charge < -0.3 is 5.32 Å². The van der Waals surface area contributed by atoms with E-state index in [1.54, 1.807) is 0 Å². The van der Waals surface area contributed by atoms with Crippen LogP contribution in [0.4, 0.5) is 5.69 Å².